The van der Waals surface area contributed by atoms with E-state index in [4.69, 9.17) is 4.74 Å². The lowest BCUT2D eigenvalue weighted by atomic mass is 9.72. The molecule has 1 spiro atoms. The van der Waals surface area contributed by atoms with Gasteiger partial charge in [-0.3, -0.25) is 9.89 Å². The van der Waals surface area contributed by atoms with E-state index in [1.54, 1.807) is 0 Å². The molecule has 6 heteroatoms. The summed E-state index contributed by atoms with van der Waals surface area (Å²) in [5.41, 5.74) is 3.01. The third-order valence-corrected chi connectivity index (χ3v) is 5.82. The van der Waals surface area contributed by atoms with E-state index >= 15 is 0 Å². The molecule has 1 N–H and O–H groups in total. The SMILES string of the molecule is C[C@@H]1Cc2c(C(=O)N3CC4(CCN(C)CC4)C3)n[nH]c2[C@H](C)O1. The lowest BCUT2D eigenvalue weighted by molar-refractivity contribution is -0.0289. The van der Waals surface area contributed by atoms with Crippen molar-refractivity contribution >= 4 is 5.91 Å². The van der Waals surface area contributed by atoms with Gasteiger partial charge >= 0.3 is 0 Å². The minimum absolute atomic E-state index is 0.0144. The van der Waals surface area contributed by atoms with E-state index < -0.39 is 0 Å². The smallest absolute Gasteiger partial charge is 0.274 e. The number of aromatic nitrogens is 2. The molecule has 1 aromatic heterocycles. The fourth-order valence-electron chi connectivity index (χ4n) is 4.32. The van der Waals surface area contributed by atoms with Crippen LogP contribution in [0.2, 0.25) is 0 Å². The number of carbonyl (C=O) groups is 1. The van der Waals surface area contributed by atoms with Gasteiger partial charge in [0, 0.05) is 30.5 Å². The van der Waals surface area contributed by atoms with E-state index in [-0.39, 0.29) is 18.1 Å². The van der Waals surface area contributed by atoms with E-state index in [2.05, 4.69) is 29.1 Å². The van der Waals surface area contributed by atoms with Crippen LogP contribution in [0.3, 0.4) is 0 Å². The molecule has 2 saturated heterocycles. The van der Waals surface area contributed by atoms with Crippen LogP contribution in [0.25, 0.3) is 0 Å². The molecule has 3 aliphatic heterocycles. The average Bonchev–Trinajstić information content (AvgIpc) is 2.89. The first-order valence-corrected chi connectivity index (χ1v) is 8.68. The van der Waals surface area contributed by atoms with Crippen molar-refractivity contribution in [2.75, 3.05) is 33.2 Å². The first-order chi connectivity index (χ1) is 11.0. The molecular weight excluding hydrogens is 292 g/mol. The van der Waals surface area contributed by atoms with Crippen LogP contribution < -0.4 is 0 Å². The Morgan fingerprint density at radius 1 is 1.30 bits per heavy atom. The Labute approximate surface area is 137 Å². The normalized spacial score (nSPS) is 30.1. The molecule has 0 aliphatic carbocycles. The second kappa shape index (κ2) is 5.31. The number of H-pyrrole nitrogens is 1. The Bertz CT molecular complexity index is 610. The second-order valence-electron chi connectivity index (χ2n) is 7.72. The van der Waals surface area contributed by atoms with Gasteiger partial charge in [-0.15, -0.1) is 0 Å². The monoisotopic (exact) mass is 318 g/mol. The zero-order chi connectivity index (χ0) is 16.2. The molecule has 0 saturated carbocycles. The minimum Gasteiger partial charge on any atom is -0.369 e. The molecular formula is C17H26N4O2. The highest BCUT2D eigenvalue weighted by Crippen LogP contribution is 2.41. The maximum atomic E-state index is 12.9. The number of nitrogens with one attached hydrogen (secondary N) is 1. The van der Waals surface area contributed by atoms with Crippen molar-refractivity contribution in [1.29, 1.82) is 0 Å². The van der Waals surface area contributed by atoms with Gasteiger partial charge in [0.15, 0.2) is 5.69 Å². The number of aromatic amines is 1. The summed E-state index contributed by atoms with van der Waals surface area (Å²) in [6.07, 6.45) is 3.29. The van der Waals surface area contributed by atoms with Gasteiger partial charge in [-0.2, -0.15) is 5.10 Å². The van der Waals surface area contributed by atoms with Crippen LogP contribution in [0.5, 0.6) is 0 Å². The molecule has 2 atom stereocenters. The van der Waals surface area contributed by atoms with Gasteiger partial charge in [0.1, 0.15) is 0 Å². The van der Waals surface area contributed by atoms with Gasteiger partial charge in [-0.25, -0.2) is 0 Å². The van der Waals surface area contributed by atoms with Gasteiger partial charge in [0.05, 0.1) is 17.9 Å². The number of amides is 1. The van der Waals surface area contributed by atoms with Crippen molar-refractivity contribution in [3.63, 3.8) is 0 Å². The third kappa shape index (κ3) is 2.48. The Morgan fingerprint density at radius 3 is 2.70 bits per heavy atom. The quantitative estimate of drug-likeness (QED) is 0.854. The van der Waals surface area contributed by atoms with E-state index in [0.29, 0.717) is 11.1 Å². The summed E-state index contributed by atoms with van der Waals surface area (Å²) in [5.74, 6) is 0.0911. The fraction of sp³-hybridized carbons (Fsp3) is 0.765. The van der Waals surface area contributed by atoms with Gasteiger partial charge in [-0.1, -0.05) is 0 Å². The molecule has 4 rings (SSSR count). The predicted molar refractivity (Wildman–Crippen MR) is 86.3 cm³/mol. The Kier molecular flexibility index (Phi) is 3.50. The van der Waals surface area contributed by atoms with E-state index in [1.165, 1.54) is 12.8 Å². The third-order valence-electron chi connectivity index (χ3n) is 5.82. The Morgan fingerprint density at radius 2 is 2.00 bits per heavy atom. The highest BCUT2D eigenvalue weighted by atomic mass is 16.5. The number of rotatable bonds is 1. The van der Waals surface area contributed by atoms with Crippen molar-refractivity contribution in [3.05, 3.63) is 17.0 Å². The van der Waals surface area contributed by atoms with Crippen LogP contribution in [0, 0.1) is 5.41 Å². The van der Waals surface area contributed by atoms with Gasteiger partial charge in [-0.05, 0) is 46.8 Å². The summed E-state index contributed by atoms with van der Waals surface area (Å²) in [7, 11) is 2.18. The number of likely N-dealkylation sites (tertiary alicyclic amines) is 2. The lowest BCUT2D eigenvalue weighted by Gasteiger charge is -2.53. The molecule has 4 heterocycles. The summed E-state index contributed by atoms with van der Waals surface area (Å²) in [4.78, 5) is 17.2. The first kappa shape index (κ1) is 15.1. The van der Waals surface area contributed by atoms with Crippen molar-refractivity contribution in [1.82, 2.24) is 20.0 Å². The zero-order valence-electron chi connectivity index (χ0n) is 14.3. The fourth-order valence-corrected chi connectivity index (χ4v) is 4.32. The average molecular weight is 318 g/mol. The number of hydrogen-bond donors (Lipinski definition) is 1. The first-order valence-electron chi connectivity index (χ1n) is 8.68. The number of carbonyl (C=O) groups excluding carboxylic acids is 1. The maximum absolute atomic E-state index is 12.9. The highest BCUT2D eigenvalue weighted by molar-refractivity contribution is 5.94. The largest absolute Gasteiger partial charge is 0.369 e. The van der Waals surface area contributed by atoms with Crippen LogP contribution in [-0.4, -0.2) is 65.2 Å². The number of ether oxygens (including phenoxy) is 1. The van der Waals surface area contributed by atoms with Crippen LogP contribution >= 0.6 is 0 Å². The molecule has 0 radical (unpaired) electrons. The number of fused-ring (bicyclic) bond motifs is 1. The second-order valence-corrected chi connectivity index (χ2v) is 7.72. The standard InChI is InChI=1S/C17H26N4O2/c1-11-8-13-14(12(2)23-11)18-19-15(13)16(22)21-9-17(10-21)4-6-20(3)7-5-17/h11-12H,4-10H2,1-3H3,(H,18,19)/t11-,12+/m1/s1. The Balaban J connectivity index is 1.47. The number of nitrogens with zero attached hydrogens (tertiary/aromatic N) is 3. The number of hydrogen-bond acceptors (Lipinski definition) is 4. The predicted octanol–water partition coefficient (Wildman–Crippen LogP) is 1.60. The summed E-state index contributed by atoms with van der Waals surface area (Å²) in [6.45, 7) is 8.14. The van der Waals surface area contributed by atoms with Crippen LogP contribution in [0.15, 0.2) is 0 Å². The van der Waals surface area contributed by atoms with E-state index in [1.807, 2.05) is 11.8 Å². The van der Waals surface area contributed by atoms with Crippen LogP contribution in [0.1, 0.15) is 54.5 Å². The molecule has 126 valence electrons. The molecule has 6 nitrogen and oxygen atoms in total. The van der Waals surface area contributed by atoms with Crippen LogP contribution in [-0.2, 0) is 11.2 Å². The van der Waals surface area contributed by atoms with E-state index in [0.717, 1.165) is 43.9 Å². The van der Waals surface area contributed by atoms with Crippen molar-refractivity contribution in [3.8, 4) is 0 Å². The molecule has 0 aromatic carbocycles. The summed E-state index contributed by atoms with van der Waals surface area (Å²) in [5, 5.41) is 7.35. The molecule has 23 heavy (non-hydrogen) atoms. The molecule has 1 aromatic rings. The van der Waals surface area contributed by atoms with Crippen molar-refractivity contribution < 1.29 is 9.53 Å². The number of piperidine rings is 1. The minimum atomic E-state index is -0.0144. The molecule has 0 bridgehead atoms. The van der Waals surface area contributed by atoms with Crippen LogP contribution in [0.4, 0.5) is 0 Å². The summed E-state index contributed by atoms with van der Waals surface area (Å²) < 4.78 is 5.81. The lowest BCUT2D eigenvalue weighted by Crippen LogP contribution is -2.61. The zero-order valence-corrected chi connectivity index (χ0v) is 14.3. The Hall–Kier alpha value is -1.40. The summed E-state index contributed by atoms with van der Waals surface area (Å²) in [6, 6.07) is 0. The van der Waals surface area contributed by atoms with Crippen molar-refractivity contribution in [2.45, 2.75) is 45.3 Å². The summed E-state index contributed by atoms with van der Waals surface area (Å²) >= 11 is 0. The maximum Gasteiger partial charge on any atom is 0.274 e. The molecule has 3 aliphatic rings. The van der Waals surface area contributed by atoms with Gasteiger partial charge in [0.2, 0.25) is 0 Å². The van der Waals surface area contributed by atoms with Crippen molar-refractivity contribution in [2.24, 2.45) is 5.41 Å². The molecule has 2 fully saturated rings. The molecule has 0 unspecified atom stereocenters. The highest BCUT2D eigenvalue weighted by Gasteiger charge is 2.47. The van der Waals surface area contributed by atoms with Gasteiger partial charge in [0.25, 0.3) is 5.91 Å². The van der Waals surface area contributed by atoms with E-state index in [9.17, 15) is 4.79 Å². The molecule has 1 amide bonds. The topological polar surface area (TPSA) is 61.5 Å². The van der Waals surface area contributed by atoms with Gasteiger partial charge < -0.3 is 14.5 Å².